The molecule has 1 aromatic carbocycles. The first-order valence-electron chi connectivity index (χ1n) is 6.02. The lowest BCUT2D eigenvalue weighted by atomic mass is 10.00. The molecule has 1 fully saturated rings. The molecule has 1 atom stereocenters. The maximum absolute atomic E-state index is 5.85. The van der Waals surface area contributed by atoms with E-state index >= 15 is 0 Å². The minimum Gasteiger partial charge on any atom is -0.493 e. The highest BCUT2D eigenvalue weighted by Crippen LogP contribution is 2.30. The molecule has 1 saturated heterocycles. The summed E-state index contributed by atoms with van der Waals surface area (Å²) >= 11 is 0. The molecule has 1 unspecified atom stereocenters. The second kappa shape index (κ2) is 4.37. The number of benzene rings is 1. The predicted octanol–water partition coefficient (Wildman–Crippen LogP) is 2.30. The number of fused-ring (bicyclic) bond motifs is 1. The van der Waals surface area contributed by atoms with Crippen LogP contribution >= 0.6 is 0 Å². The van der Waals surface area contributed by atoms with Crippen LogP contribution in [-0.4, -0.2) is 25.2 Å². The lowest BCUT2D eigenvalue weighted by Gasteiger charge is -2.19. The quantitative estimate of drug-likeness (QED) is 0.863. The smallest absolute Gasteiger partial charge is 0.200 e. The molecule has 0 saturated carbocycles. The van der Waals surface area contributed by atoms with Crippen molar-refractivity contribution in [1.82, 2.24) is 10.3 Å². The van der Waals surface area contributed by atoms with Gasteiger partial charge in [0.1, 0.15) is 5.52 Å². The summed E-state index contributed by atoms with van der Waals surface area (Å²) in [5, 5.41) is 3.38. The zero-order chi connectivity index (χ0) is 11.7. The fraction of sp³-hybridized carbons (Fsp3) is 0.462. The number of para-hydroxylation sites is 1. The van der Waals surface area contributed by atoms with Crippen molar-refractivity contribution in [3.05, 3.63) is 24.1 Å². The number of methoxy groups -OCH3 is 1. The van der Waals surface area contributed by atoms with Crippen molar-refractivity contribution in [1.29, 1.82) is 0 Å². The molecule has 1 aliphatic rings. The van der Waals surface area contributed by atoms with E-state index in [1.807, 2.05) is 18.2 Å². The zero-order valence-electron chi connectivity index (χ0n) is 9.90. The molecule has 0 aliphatic carbocycles. The Morgan fingerprint density at radius 3 is 3.18 bits per heavy atom. The number of ether oxygens (including phenoxy) is 1. The number of nitrogens with zero attached hydrogens (tertiary/aromatic N) is 1. The lowest BCUT2D eigenvalue weighted by molar-refractivity contribution is 0.375. The third-order valence-corrected chi connectivity index (χ3v) is 3.26. The molecule has 4 nitrogen and oxygen atoms in total. The van der Waals surface area contributed by atoms with E-state index in [0.29, 0.717) is 5.92 Å². The molecule has 4 heteroatoms. The summed E-state index contributed by atoms with van der Waals surface area (Å²) in [7, 11) is 1.65. The van der Waals surface area contributed by atoms with Crippen molar-refractivity contribution in [3.63, 3.8) is 0 Å². The Balaban J connectivity index is 2.00. The van der Waals surface area contributed by atoms with Crippen molar-refractivity contribution < 1.29 is 9.15 Å². The van der Waals surface area contributed by atoms with Crippen LogP contribution in [-0.2, 0) is 0 Å². The summed E-state index contributed by atoms with van der Waals surface area (Å²) in [4.78, 5) is 4.56. The molecule has 1 aromatic heterocycles. The molecule has 2 heterocycles. The number of hydrogen-bond donors (Lipinski definition) is 1. The van der Waals surface area contributed by atoms with E-state index in [0.717, 1.165) is 42.3 Å². The summed E-state index contributed by atoms with van der Waals surface area (Å²) in [5.74, 6) is 1.97. The van der Waals surface area contributed by atoms with Crippen LogP contribution in [0.2, 0.25) is 0 Å². The van der Waals surface area contributed by atoms with Gasteiger partial charge in [-0.2, -0.15) is 0 Å². The van der Waals surface area contributed by atoms with Crippen LogP contribution in [0.25, 0.3) is 11.1 Å². The summed E-state index contributed by atoms with van der Waals surface area (Å²) in [6.45, 7) is 2.05. The third-order valence-electron chi connectivity index (χ3n) is 3.26. The SMILES string of the molecule is COc1cccc2nc(C3CCCNC3)oc12. The van der Waals surface area contributed by atoms with Gasteiger partial charge in [-0.25, -0.2) is 4.98 Å². The molecule has 0 amide bonds. The predicted molar refractivity (Wildman–Crippen MR) is 65.4 cm³/mol. The van der Waals surface area contributed by atoms with E-state index in [1.165, 1.54) is 6.42 Å². The van der Waals surface area contributed by atoms with Crippen LogP contribution in [0.4, 0.5) is 0 Å². The molecule has 0 spiro atoms. The first-order chi connectivity index (χ1) is 8.38. The number of oxazole rings is 1. The Morgan fingerprint density at radius 1 is 1.47 bits per heavy atom. The van der Waals surface area contributed by atoms with Crippen molar-refractivity contribution >= 4 is 11.1 Å². The normalized spacial score (nSPS) is 20.6. The van der Waals surface area contributed by atoms with Gasteiger partial charge in [0.15, 0.2) is 17.2 Å². The molecular weight excluding hydrogens is 216 g/mol. The van der Waals surface area contributed by atoms with Gasteiger partial charge in [-0.3, -0.25) is 0 Å². The van der Waals surface area contributed by atoms with E-state index in [9.17, 15) is 0 Å². The highest BCUT2D eigenvalue weighted by Gasteiger charge is 2.21. The van der Waals surface area contributed by atoms with Gasteiger partial charge in [0.2, 0.25) is 0 Å². The Morgan fingerprint density at radius 2 is 2.41 bits per heavy atom. The number of piperidine rings is 1. The maximum Gasteiger partial charge on any atom is 0.200 e. The van der Waals surface area contributed by atoms with Gasteiger partial charge in [0.05, 0.1) is 7.11 Å². The standard InChI is InChI=1S/C13H16N2O2/c1-16-11-6-2-5-10-12(11)17-13(15-10)9-4-3-7-14-8-9/h2,5-6,9,14H,3-4,7-8H2,1H3. The molecule has 2 aromatic rings. The second-order valence-electron chi connectivity index (χ2n) is 4.40. The Kier molecular flexibility index (Phi) is 2.73. The van der Waals surface area contributed by atoms with Gasteiger partial charge in [-0.1, -0.05) is 6.07 Å². The Labute approximate surface area is 100.0 Å². The number of rotatable bonds is 2. The molecule has 17 heavy (non-hydrogen) atoms. The number of aromatic nitrogens is 1. The van der Waals surface area contributed by atoms with Crippen LogP contribution in [0.1, 0.15) is 24.7 Å². The van der Waals surface area contributed by atoms with E-state index < -0.39 is 0 Å². The lowest BCUT2D eigenvalue weighted by Crippen LogP contribution is -2.28. The zero-order valence-corrected chi connectivity index (χ0v) is 9.90. The molecule has 1 N–H and O–H groups in total. The maximum atomic E-state index is 5.85. The fourth-order valence-electron chi connectivity index (χ4n) is 2.34. The van der Waals surface area contributed by atoms with Crippen LogP contribution in [0.3, 0.4) is 0 Å². The Bertz CT molecular complexity index is 515. The van der Waals surface area contributed by atoms with Gasteiger partial charge in [0.25, 0.3) is 0 Å². The average molecular weight is 232 g/mol. The van der Waals surface area contributed by atoms with Crippen molar-refractivity contribution in [2.24, 2.45) is 0 Å². The van der Waals surface area contributed by atoms with Gasteiger partial charge in [0, 0.05) is 12.5 Å². The first-order valence-corrected chi connectivity index (χ1v) is 6.02. The fourth-order valence-corrected chi connectivity index (χ4v) is 2.34. The van der Waals surface area contributed by atoms with Crippen molar-refractivity contribution in [2.75, 3.05) is 20.2 Å². The van der Waals surface area contributed by atoms with E-state index in [1.54, 1.807) is 7.11 Å². The highest BCUT2D eigenvalue weighted by molar-refractivity contribution is 5.79. The Hall–Kier alpha value is -1.55. The summed E-state index contributed by atoms with van der Waals surface area (Å²) in [5.41, 5.74) is 1.64. The first kappa shape index (κ1) is 10.6. The van der Waals surface area contributed by atoms with Gasteiger partial charge in [-0.15, -0.1) is 0 Å². The third kappa shape index (κ3) is 1.89. The average Bonchev–Trinajstić information content (AvgIpc) is 2.83. The molecule has 0 radical (unpaired) electrons. The van der Waals surface area contributed by atoms with Crippen LogP contribution in [0.5, 0.6) is 5.75 Å². The molecule has 0 bridgehead atoms. The summed E-state index contributed by atoms with van der Waals surface area (Å²) in [6, 6.07) is 5.80. The van der Waals surface area contributed by atoms with Crippen molar-refractivity contribution in [3.8, 4) is 5.75 Å². The van der Waals surface area contributed by atoms with Gasteiger partial charge >= 0.3 is 0 Å². The van der Waals surface area contributed by atoms with Crippen LogP contribution in [0.15, 0.2) is 22.6 Å². The molecule has 90 valence electrons. The molecule has 1 aliphatic heterocycles. The van der Waals surface area contributed by atoms with Gasteiger partial charge < -0.3 is 14.5 Å². The van der Waals surface area contributed by atoms with E-state index in [2.05, 4.69) is 10.3 Å². The van der Waals surface area contributed by atoms with Crippen LogP contribution < -0.4 is 10.1 Å². The molecular formula is C13H16N2O2. The van der Waals surface area contributed by atoms with E-state index in [4.69, 9.17) is 9.15 Å². The van der Waals surface area contributed by atoms with Crippen LogP contribution in [0, 0.1) is 0 Å². The minimum absolute atomic E-state index is 0.390. The monoisotopic (exact) mass is 232 g/mol. The molecule has 3 rings (SSSR count). The minimum atomic E-state index is 0.390. The van der Waals surface area contributed by atoms with Gasteiger partial charge in [-0.05, 0) is 31.5 Å². The summed E-state index contributed by atoms with van der Waals surface area (Å²) < 4.78 is 11.1. The highest BCUT2D eigenvalue weighted by atomic mass is 16.5. The summed E-state index contributed by atoms with van der Waals surface area (Å²) in [6.07, 6.45) is 2.32. The second-order valence-corrected chi connectivity index (χ2v) is 4.40. The van der Waals surface area contributed by atoms with E-state index in [-0.39, 0.29) is 0 Å². The van der Waals surface area contributed by atoms with Crippen molar-refractivity contribution in [2.45, 2.75) is 18.8 Å². The number of nitrogens with one attached hydrogen (secondary N) is 1. The number of hydrogen-bond acceptors (Lipinski definition) is 4. The largest absolute Gasteiger partial charge is 0.493 e. The topological polar surface area (TPSA) is 47.3 Å².